The van der Waals surface area contributed by atoms with E-state index in [1.807, 2.05) is 0 Å². The van der Waals surface area contributed by atoms with Gasteiger partial charge in [-0.25, -0.2) is 0 Å². The van der Waals surface area contributed by atoms with Crippen molar-refractivity contribution < 1.29 is 13.2 Å². The van der Waals surface area contributed by atoms with Gasteiger partial charge in [-0.1, -0.05) is 18.2 Å². The molecule has 1 nitrogen and oxygen atoms in total. The summed E-state index contributed by atoms with van der Waals surface area (Å²) in [6.45, 7) is 0. The van der Waals surface area contributed by atoms with Crippen molar-refractivity contribution in [1.29, 1.82) is 0 Å². The van der Waals surface area contributed by atoms with E-state index in [9.17, 15) is 13.2 Å². The SMILES string of the molecule is FC(F)(F)c1cccc(Cc2cncs2)c1. The molecule has 0 saturated carbocycles. The first-order chi connectivity index (χ1) is 7.55. The Bertz CT molecular complexity index is 462. The molecule has 0 N–H and O–H groups in total. The summed E-state index contributed by atoms with van der Waals surface area (Å²) in [5, 5.41) is 0. The lowest BCUT2D eigenvalue weighted by Crippen LogP contribution is -2.05. The van der Waals surface area contributed by atoms with Gasteiger partial charge in [0.2, 0.25) is 0 Å². The smallest absolute Gasteiger partial charge is 0.253 e. The van der Waals surface area contributed by atoms with Crippen molar-refractivity contribution >= 4 is 11.3 Å². The average Bonchev–Trinajstić information content (AvgIpc) is 2.70. The molecular formula is C11H8F3NS. The van der Waals surface area contributed by atoms with Gasteiger partial charge in [0.1, 0.15) is 0 Å². The second-order valence-electron chi connectivity index (χ2n) is 3.34. The molecule has 0 spiro atoms. The number of nitrogens with zero attached hydrogens (tertiary/aromatic N) is 1. The monoisotopic (exact) mass is 243 g/mol. The molecule has 0 aliphatic heterocycles. The number of hydrogen-bond donors (Lipinski definition) is 0. The van der Waals surface area contributed by atoms with Gasteiger partial charge in [0, 0.05) is 17.5 Å². The Morgan fingerprint density at radius 2 is 2.06 bits per heavy atom. The van der Waals surface area contributed by atoms with Crippen LogP contribution in [0.4, 0.5) is 13.2 Å². The quantitative estimate of drug-likeness (QED) is 0.782. The highest BCUT2D eigenvalue weighted by molar-refractivity contribution is 7.09. The van der Waals surface area contributed by atoms with Crippen LogP contribution in [0.3, 0.4) is 0 Å². The maximum absolute atomic E-state index is 12.4. The maximum atomic E-state index is 12.4. The number of aromatic nitrogens is 1. The second kappa shape index (κ2) is 4.25. The highest BCUT2D eigenvalue weighted by atomic mass is 32.1. The summed E-state index contributed by atoms with van der Waals surface area (Å²) in [6, 6.07) is 5.38. The van der Waals surface area contributed by atoms with Gasteiger partial charge in [0.05, 0.1) is 11.1 Å². The first-order valence-corrected chi connectivity index (χ1v) is 5.47. The Kier molecular flexibility index (Phi) is 2.96. The van der Waals surface area contributed by atoms with E-state index in [2.05, 4.69) is 4.98 Å². The Morgan fingerprint density at radius 1 is 1.25 bits per heavy atom. The molecule has 5 heteroatoms. The van der Waals surface area contributed by atoms with Crippen LogP contribution in [0.2, 0.25) is 0 Å². The van der Waals surface area contributed by atoms with Crippen LogP contribution in [0.1, 0.15) is 16.0 Å². The zero-order valence-corrected chi connectivity index (χ0v) is 8.98. The van der Waals surface area contributed by atoms with Crippen LogP contribution >= 0.6 is 11.3 Å². The number of benzene rings is 1. The van der Waals surface area contributed by atoms with Gasteiger partial charge in [0.15, 0.2) is 0 Å². The summed E-state index contributed by atoms with van der Waals surface area (Å²) >= 11 is 1.44. The molecule has 2 rings (SSSR count). The van der Waals surface area contributed by atoms with E-state index in [4.69, 9.17) is 0 Å². The molecule has 84 valence electrons. The summed E-state index contributed by atoms with van der Waals surface area (Å²) in [7, 11) is 0. The molecule has 0 unspecified atom stereocenters. The highest BCUT2D eigenvalue weighted by Crippen LogP contribution is 2.30. The minimum atomic E-state index is -4.27. The lowest BCUT2D eigenvalue weighted by atomic mass is 10.1. The highest BCUT2D eigenvalue weighted by Gasteiger charge is 2.30. The molecule has 16 heavy (non-hydrogen) atoms. The summed E-state index contributed by atoms with van der Waals surface area (Å²) < 4.78 is 37.3. The van der Waals surface area contributed by atoms with Crippen LogP contribution in [0.15, 0.2) is 36.0 Å². The third-order valence-electron chi connectivity index (χ3n) is 2.12. The van der Waals surface area contributed by atoms with E-state index < -0.39 is 11.7 Å². The van der Waals surface area contributed by atoms with Crippen LogP contribution in [0.25, 0.3) is 0 Å². The molecule has 1 aromatic heterocycles. The number of rotatable bonds is 2. The maximum Gasteiger partial charge on any atom is 0.416 e. The normalized spacial score (nSPS) is 11.7. The van der Waals surface area contributed by atoms with Gasteiger partial charge < -0.3 is 0 Å². The van der Waals surface area contributed by atoms with Crippen molar-refractivity contribution in [3.05, 3.63) is 52.0 Å². The summed E-state index contributed by atoms with van der Waals surface area (Å²) in [6.07, 6.45) is -2.11. The lowest BCUT2D eigenvalue weighted by molar-refractivity contribution is -0.137. The Morgan fingerprint density at radius 3 is 2.69 bits per heavy atom. The van der Waals surface area contributed by atoms with E-state index in [-0.39, 0.29) is 0 Å². The second-order valence-corrected chi connectivity index (χ2v) is 4.31. The Hall–Kier alpha value is -1.36. The number of halogens is 3. The molecule has 1 aromatic carbocycles. The van der Waals surface area contributed by atoms with E-state index in [0.29, 0.717) is 12.0 Å². The van der Waals surface area contributed by atoms with E-state index >= 15 is 0 Å². The third-order valence-corrected chi connectivity index (χ3v) is 2.90. The van der Waals surface area contributed by atoms with Crippen LogP contribution in [-0.4, -0.2) is 4.98 Å². The minimum Gasteiger partial charge on any atom is -0.253 e. The van der Waals surface area contributed by atoms with Gasteiger partial charge in [0.25, 0.3) is 0 Å². The van der Waals surface area contributed by atoms with E-state index in [1.165, 1.54) is 23.5 Å². The van der Waals surface area contributed by atoms with Gasteiger partial charge in [-0.2, -0.15) is 13.2 Å². The molecule has 0 aliphatic rings. The van der Waals surface area contributed by atoms with E-state index in [0.717, 1.165) is 10.9 Å². The zero-order chi connectivity index (χ0) is 11.6. The van der Waals surface area contributed by atoms with Gasteiger partial charge in [-0.15, -0.1) is 11.3 Å². The zero-order valence-electron chi connectivity index (χ0n) is 8.16. The molecule has 2 aromatic rings. The molecular weight excluding hydrogens is 235 g/mol. The van der Waals surface area contributed by atoms with Crippen molar-refractivity contribution in [1.82, 2.24) is 4.98 Å². The van der Waals surface area contributed by atoms with Crippen molar-refractivity contribution in [2.75, 3.05) is 0 Å². The first-order valence-electron chi connectivity index (χ1n) is 4.59. The average molecular weight is 243 g/mol. The first kappa shape index (κ1) is 11.1. The fourth-order valence-corrected chi connectivity index (χ4v) is 2.02. The molecule has 0 radical (unpaired) electrons. The van der Waals surface area contributed by atoms with Gasteiger partial charge in [-0.3, -0.25) is 4.98 Å². The molecule has 0 saturated heterocycles. The van der Waals surface area contributed by atoms with Crippen LogP contribution in [0.5, 0.6) is 0 Å². The third kappa shape index (κ3) is 2.61. The Labute approximate surface area is 94.6 Å². The summed E-state index contributed by atoms with van der Waals surface area (Å²) in [5.41, 5.74) is 1.72. The number of alkyl halides is 3. The molecule has 1 heterocycles. The summed E-state index contributed by atoms with van der Waals surface area (Å²) in [4.78, 5) is 4.84. The fourth-order valence-electron chi connectivity index (χ4n) is 1.39. The molecule has 0 bridgehead atoms. The Balaban J connectivity index is 2.23. The predicted molar refractivity (Wildman–Crippen MR) is 56.4 cm³/mol. The van der Waals surface area contributed by atoms with Crippen molar-refractivity contribution in [2.24, 2.45) is 0 Å². The fraction of sp³-hybridized carbons (Fsp3) is 0.182. The lowest BCUT2D eigenvalue weighted by Gasteiger charge is -2.07. The molecule has 0 amide bonds. The van der Waals surface area contributed by atoms with Crippen molar-refractivity contribution in [2.45, 2.75) is 12.6 Å². The molecule has 0 fully saturated rings. The molecule has 0 aliphatic carbocycles. The number of thiazole rings is 1. The topological polar surface area (TPSA) is 12.9 Å². The molecule has 0 atom stereocenters. The summed E-state index contributed by atoms with van der Waals surface area (Å²) in [5.74, 6) is 0. The number of hydrogen-bond acceptors (Lipinski definition) is 2. The van der Waals surface area contributed by atoms with Crippen LogP contribution < -0.4 is 0 Å². The van der Waals surface area contributed by atoms with Crippen molar-refractivity contribution in [3.63, 3.8) is 0 Å². The largest absolute Gasteiger partial charge is 0.416 e. The van der Waals surface area contributed by atoms with Gasteiger partial charge in [-0.05, 0) is 11.6 Å². The standard InChI is InChI=1S/C11H8F3NS/c12-11(13,14)9-3-1-2-8(4-9)5-10-6-15-7-16-10/h1-4,6-7H,5H2. The van der Waals surface area contributed by atoms with E-state index in [1.54, 1.807) is 17.8 Å². The van der Waals surface area contributed by atoms with Crippen molar-refractivity contribution in [3.8, 4) is 0 Å². The van der Waals surface area contributed by atoms with Crippen LogP contribution in [-0.2, 0) is 12.6 Å². The predicted octanol–water partition coefficient (Wildman–Crippen LogP) is 3.75. The minimum absolute atomic E-state index is 0.495. The van der Waals surface area contributed by atoms with Gasteiger partial charge >= 0.3 is 6.18 Å². The van der Waals surface area contributed by atoms with Crippen LogP contribution in [0, 0.1) is 0 Å².